The molecule has 1 unspecified atom stereocenters. The van der Waals surface area contributed by atoms with E-state index in [9.17, 15) is 5.11 Å². The summed E-state index contributed by atoms with van der Waals surface area (Å²) in [6.07, 6.45) is 1.79. The normalized spacial score (nSPS) is 13.1. The molecule has 0 radical (unpaired) electrons. The molecular formula is C27H32O2Si. The first kappa shape index (κ1) is 22.2. The van der Waals surface area contributed by atoms with Gasteiger partial charge < -0.3 is 9.53 Å². The van der Waals surface area contributed by atoms with E-state index in [0.717, 1.165) is 11.1 Å². The predicted octanol–water partition coefficient (Wildman–Crippen LogP) is 5.37. The van der Waals surface area contributed by atoms with Gasteiger partial charge in [-0.1, -0.05) is 112 Å². The molecule has 30 heavy (non-hydrogen) atoms. The minimum atomic E-state index is -2.54. The third kappa shape index (κ3) is 4.64. The van der Waals surface area contributed by atoms with Crippen LogP contribution in [0.3, 0.4) is 0 Å². The maximum Gasteiger partial charge on any atom is 0.261 e. The fourth-order valence-corrected chi connectivity index (χ4v) is 8.62. The number of benzene rings is 3. The summed E-state index contributed by atoms with van der Waals surface area (Å²) < 4.78 is 6.96. The lowest BCUT2D eigenvalue weighted by atomic mass is 10.1. The Morgan fingerprint density at radius 3 is 1.80 bits per heavy atom. The first-order valence-electron chi connectivity index (χ1n) is 10.5. The van der Waals surface area contributed by atoms with Crippen LogP contribution in [0.4, 0.5) is 0 Å². The van der Waals surface area contributed by atoms with Gasteiger partial charge in [-0.3, -0.25) is 0 Å². The van der Waals surface area contributed by atoms with Crippen LogP contribution in [0.1, 0.15) is 44.4 Å². The Balaban J connectivity index is 1.97. The van der Waals surface area contributed by atoms with Crippen molar-refractivity contribution in [3.05, 3.63) is 109 Å². The summed E-state index contributed by atoms with van der Waals surface area (Å²) in [4.78, 5) is 0. The third-order valence-corrected chi connectivity index (χ3v) is 10.6. The molecule has 156 valence electrons. The summed E-state index contributed by atoms with van der Waals surface area (Å²) in [6, 6.07) is 29.4. The second-order valence-corrected chi connectivity index (χ2v) is 13.0. The molecule has 2 nitrogen and oxygen atoms in total. The maximum atomic E-state index is 10.2. The molecule has 0 heterocycles. The van der Waals surface area contributed by atoms with Crippen molar-refractivity contribution in [1.29, 1.82) is 0 Å². The molecule has 1 N–H and O–H groups in total. The maximum absolute atomic E-state index is 10.2. The number of aliphatic hydroxyl groups excluding tert-OH is 1. The summed E-state index contributed by atoms with van der Waals surface area (Å²) in [5, 5.41) is 12.7. The third-order valence-electron chi connectivity index (χ3n) is 5.63. The molecule has 3 heteroatoms. The highest BCUT2D eigenvalue weighted by molar-refractivity contribution is 6.99. The van der Waals surface area contributed by atoms with Crippen molar-refractivity contribution in [1.82, 2.24) is 0 Å². The molecule has 0 amide bonds. The lowest BCUT2D eigenvalue weighted by Crippen LogP contribution is -2.66. The predicted molar refractivity (Wildman–Crippen MR) is 129 cm³/mol. The van der Waals surface area contributed by atoms with Crippen LogP contribution in [0.2, 0.25) is 5.04 Å². The summed E-state index contributed by atoms with van der Waals surface area (Å²) >= 11 is 0. The van der Waals surface area contributed by atoms with E-state index in [0.29, 0.717) is 13.0 Å². The zero-order chi connectivity index (χ0) is 21.6. The van der Waals surface area contributed by atoms with Gasteiger partial charge in [0.1, 0.15) is 0 Å². The Labute approximate surface area is 182 Å². The lowest BCUT2D eigenvalue weighted by molar-refractivity contribution is 0.181. The molecule has 3 aromatic rings. The summed E-state index contributed by atoms with van der Waals surface area (Å²) in [6.45, 7) is 11.1. The molecule has 0 saturated carbocycles. The standard InChI is InChI=1S/C27H32O2Si/c1-5-12-26(28)23-19-17-22(18-20-23)21-29-30(27(2,3)4,24-13-8-6-9-14-24)25-15-10-7-11-16-25/h5-11,13-20,26,28H,1,12,21H2,2-4H3. The molecule has 0 aliphatic carbocycles. The van der Waals surface area contributed by atoms with Crippen LogP contribution >= 0.6 is 0 Å². The van der Waals surface area contributed by atoms with E-state index in [-0.39, 0.29) is 5.04 Å². The molecule has 0 aliphatic heterocycles. The van der Waals surface area contributed by atoms with Crippen LogP contribution < -0.4 is 10.4 Å². The summed E-state index contributed by atoms with van der Waals surface area (Å²) in [5.41, 5.74) is 2.02. The van der Waals surface area contributed by atoms with Gasteiger partial charge in [0.15, 0.2) is 0 Å². The fraction of sp³-hybridized carbons (Fsp3) is 0.259. The van der Waals surface area contributed by atoms with Crippen LogP contribution in [0.25, 0.3) is 0 Å². The quantitative estimate of drug-likeness (QED) is 0.395. The van der Waals surface area contributed by atoms with E-state index < -0.39 is 14.4 Å². The Hall–Kier alpha value is -2.46. The van der Waals surface area contributed by atoms with E-state index in [2.05, 4.69) is 100 Å². The van der Waals surface area contributed by atoms with Crippen molar-refractivity contribution in [2.45, 2.75) is 44.9 Å². The van der Waals surface area contributed by atoms with Gasteiger partial charge in [-0.2, -0.15) is 0 Å². The van der Waals surface area contributed by atoms with Crippen molar-refractivity contribution in [2.24, 2.45) is 0 Å². The first-order valence-corrected chi connectivity index (χ1v) is 12.4. The molecule has 3 aromatic carbocycles. The van der Waals surface area contributed by atoms with Crippen LogP contribution in [-0.4, -0.2) is 13.4 Å². The van der Waals surface area contributed by atoms with Crippen LogP contribution in [0, 0.1) is 0 Å². The van der Waals surface area contributed by atoms with E-state index in [1.54, 1.807) is 6.08 Å². The second kappa shape index (κ2) is 9.56. The van der Waals surface area contributed by atoms with Gasteiger partial charge in [-0.05, 0) is 33.0 Å². The monoisotopic (exact) mass is 416 g/mol. The molecule has 0 saturated heterocycles. The van der Waals surface area contributed by atoms with Gasteiger partial charge in [0.05, 0.1) is 12.7 Å². The van der Waals surface area contributed by atoms with Crippen LogP contribution in [0.5, 0.6) is 0 Å². The zero-order valence-electron chi connectivity index (χ0n) is 18.2. The Kier molecular flexibility index (Phi) is 7.09. The van der Waals surface area contributed by atoms with Gasteiger partial charge in [0.2, 0.25) is 0 Å². The second-order valence-electron chi connectivity index (χ2n) is 8.73. The largest absolute Gasteiger partial charge is 0.403 e. The molecule has 0 bridgehead atoms. The van der Waals surface area contributed by atoms with Crippen LogP contribution in [0.15, 0.2) is 97.6 Å². The van der Waals surface area contributed by atoms with Crippen molar-refractivity contribution in [3.8, 4) is 0 Å². The smallest absolute Gasteiger partial charge is 0.261 e. The van der Waals surface area contributed by atoms with Crippen molar-refractivity contribution < 1.29 is 9.53 Å². The molecular weight excluding hydrogens is 384 g/mol. The highest BCUT2D eigenvalue weighted by atomic mass is 28.4. The average Bonchev–Trinajstić information content (AvgIpc) is 2.75. The van der Waals surface area contributed by atoms with Crippen molar-refractivity contribution in [3.63, 3.8) is 0 Å². The SMILES string of the molecule is C=CCC(O)c1ccc(CO[Si](c2ccccc2)(c2ccccc2)C(C)(C)C)cc1. The summed E-state index contributed by atoms with van der Waals surface area (Å²) in [5.74, 6) is 0. The average molecular weight is 417 g/mol. The minimum absolute atomic E-state index is 0.0458. The highest BCUT2D eigenvalue weighted by Gasteiger charge is 2.50. The molecule has 0 aromatic heterocycles. The Morgan fingerprint density at radius 2 is 1.37 bits per heavy atom. The highest BCUT2D eigenvalue weighted by Crippen LogP contribution is 2.37. The molecule has 1 atom stereocenters. The van der Waals surface area contributed by atoms with Crippen molar-refractivity contribution in [2.75, 3.05) is 0 Å². The molecule has 0 spiro atoms. The minimum Gasteiger partial charge on any atom is -0.403 e. The van der Waals surface area contributed by atoms with Gasteiger partial charge in [0.25, 0.3) is 8.32 Å². The molecule has 3 rings (SSSR count). The zero-order valence-corrected chi connectivity index (χ0v) is 19.2. The number of hydrogen-bond acceptors (Lipinski definition) is 2. The van der Waals surface area contributed by atoms with E-state index >= 15 is 0 Å². The first-order chi connectivity index (χ1) is 14.4. The van der Waals surface area contributed by atoms with E-state index in [4.69, 9.17) is 4.43 Å². The van der Waals surface area contributed by atoms with Crippen LogP contribution in [-0.2, 0) is 11.0 Å². The molecule has 0 fully saturated rings. The van der Waals surface area contributed by atoms with Gasteiger partial charge >= 0.3 is 0 Å². The number of rotatable bonds is 8. The van der Waals surface area contributed by atoms with Gasteiger partial charge in [0, 0.05) is 0 Å². The van der Waals surface area contributed by atoms with E-state index in [1.807, 2.05) is 12.1 Å². The topological polar surface area (TPSA) is 29.5 Å². The Morgan fingerprint density at radius 1 is 0.867 bits per heavy atom. The summed E-state index contributed by atoms with van der Waals surface area (Å²) in [7, 11) is -2.54. The van der Waals surface area contributed by atoms with Crippen molar-refractivity contribution >= 4 is 18.7 Å². The van der Waals surface area contributed by atoms with E-state index in [1.165, 1.54) is 10.4 Å². The lowest BCUT2D eigenvalue weighted by Gasteiger charge is -2.43. The fourth-order valence-electron chi connectivity index (χ4n) is 4.08. The van der Waals surface area contributed by atoms with Gasteiger partial charge in [-0.25, -0.2) is 0 Å². The number of aliphatic hydroxyl groups is 1. The van der Waals surface area contributed by atoms with Gasteiger partial charge in [-0.15, -0.1) is 6.58 Å². The molecule has 0 aliphatic rings. The Bertz CT molecular complexity index is 889. The number of hydrogen-bond donors (Lipinski definition) is 1.